The molecular formula is C41H26BN. The van der Waals surface area contributed by atoms with Gasteiger partial charge in [-0.25, -0.2) is 0 Å². The minimum atomic E-state index is 0.259. The van der Waals surface area contributed by atoms with Crippen molar-refractivity contribution in [2.75, 3.05) is 4.90 Å². The minimum absolute atomic E-state index is 0.259. The molecule has 1 nitrogen and oxygen atoms in total. The molecule has 0 saturated carbocycles. The van der Waals surface area contributed by atoms with E-state index in [1.165, 1.54) is 93.6 Å². The van der Waals surface area contributed by atoms with Gasteiger partial charge in [-0.05, 0) is 103 Å². The van der Waals surface area contributed by atoms with Gasteiger partial charge in [-0.15, -0.1) is 0 Å². The Morgan fingerprint density at radius 1 is 0.465 bits per heavy atom. The molecule has 0 aliphatic carbocycles. The van der Waals surface area contributed by atoms with E-state index in [0.717, 1.165) is 0 Å². The fourth-order valence-corrected chi connectivity index (χ4v) is 8.13. The predicted octanol–water partition coefficient (Wildman–Crippen LogP) is 8.84. The van der Waals surface area contributed by atoms with Crippen LogP contribution >= 0.6 is 0 Å². The number of hydrogen-bond acceptors (Lipinski definition) is 1. The molecule has 8 aromatic carbocycles. The summed E-state index contributed by atoms with van der Waals surface area (Å²) in [5.74, 6) is 0. The van der Waals surface area contributed by atoms with E-state index in [-0.39, 0.29) is 6.71 Å². The van der Waals surface area contributed by atoms with E-state index < -0.39 is 0 Å². The molecule has 8 aromatic rings. The van der Waals surface area contributed by atoms with Crippen molar-refractivity contribution in [2.45, 2.75) is 6.92 Å². The van der Waals surface area contributed by atoms with E-state index in [1.807, 2.05) is 0 Å². The minimum Gasteiger partial charge on any atom is -0.311 e. The molecule has 0 spiro atoms. The molecule has 0 unspecified atom stereocenters. The number of para-hydroxylation sites is 1. The summed E-state index contributed by atoms with van der Waals surface area (Å²) in [6.45, 7) is 2.46. The maximum absolute atomic E-state index is 2.53. The van der Waals surface area contributed by atoms with Crippen LogP contribution in [0.5, 0.6) is 0 Å². The van der Waals surface area contributed by atoms with Gasteiger partial charge in [-0.3, -0.25) is 0 Å². The van der Waals surface area contributed by atoms with Gasteiger partial charge in [0.05, 0.1) is 5.69 Å². The second kappa shape index (κ2) is 8.37. The van der Waals surface area contributed by atoms with Gasteiger partial charge in [0.1, 0.15) is 0 Å². The summed E-state index contributed by atoms with van der Waals surface area (Å²) in [4.78, 5) is 2.53. The van der Waals surface area contributed by atoms with Crippen molar-refractivity contribution in [3.8, 4) is 22.3 Å². The van der Waals surface area contributed by atoms with Gasteiger partial charge in [0.2, 0.25) is 6.71 Å². The molecule has 198 valence electrons. The first kappa shape index (κ1) is 23.3. The molecule has 2 aliphatic heterocycles. The number of rotatable bonds is 2. The Morgan fingerprint density at radius 2 is 1.12 bits per heavy atom. The van der Waals surface area contributed by atoms with Crippen LogP contribution < -0.4 is 21.3 Å². The summed E-state index contributed by atoms with van der Waals surface area (Å²) in [6, 6.07) is 52.2. The first-order valence-corrected chi connectivity index (χ1v) is 15.1. The Morgan fingerprint density at radius 3 is 1.98 bits per heavy atom. The lowest BCUT2D eigenvalue weighted by Crippen LogP contribution is -2.54. The smallest absolute Gasteiger partial charge is 0.248 e. The molecule has 0 bridgehead atoms. The summed E-state index contributed by atoms with van der Waals surface area (Å²) in [7, 11) is 0. The molecule has 2 heteroatoms. The molecule has 0 atom stereocenters. The molecule has 0 saturated heterocycles. The zero-order chi connectivity index (χ0) is 28.2. The maximum Gasteiger partial charge on any atom is 0.248 e. The van der Waals surface area contributed by atoms with Crippen LogP contribution in [0.25, 0.3) is 54.6 Å². The van der Waals surface area contributed by atoms with Crippen LogP contribution in [-0.4, -0.2) is 6.71 Å². The summed E-state index contributed by atoms with van der Waals surface area (Å²) in [5, 5.41) is 7.86. The van der Waals surface area contributed by atoms with E-state index in [4.69, 9.17) is 0 Å². The monoisotopic (exact) mass is 543 g/mol. The van der Waals surface area contributed by atoms with Gasteiger partial charge >= 0.3 is 0 Å². The van der Waals surface area contributed by atoms with Gasteiger partial charge < -0.3 is 4.90 Å². The Kier molecular flexibility index (Phi) is 4.52. The fraction of sp³-hybridized carbons (Fsp3) is 0.0244. The molecule has 0 radical (unpaired) electrons. The quantitative estimate of drug-likeness (QED) is 0.156. The Hall–Kier alpha value is -5.34. The van der Waals surface area contributed by atoms with Crippen molar-refractivity contribution < 1.29 is 0 Å². The van der Waals surface area contributed by atoms with Crippen LogP contribution in [0.15, 0.2) is 140 Å². The summed E-state index contributed by atoms with van der Waals surface area (Å²) in [5.41, 5.74) is 14.6. The van der Waals surface area contributed by atoms with Crippen LogP contribution in [0, 0.1) is 6.92 Å². The molecule has 2 heterocycles. The van der Waals surface area contributed by atoms with Crippen molar-refractivity contribution in [3.05, 3.63) is 145 Å². The van der Waals surface area contributed by atoms with Crippen molar-refractivity contribution >= 4 is 72.5 Å². The van der Waals surface area contributed by atoms with E-state index >= 15 is 0 Å². The highest BCUT2D eigenvalue weighted by molar-refractivity contribution is 7.01. The van der Waals surface area contributed by atoms with Crippen molar-refractivity contribution in [3.63, 3.8) is 0 Å². The lowest BCUT2D eigenvalue weighted by atomic mass is 9.37. The molecular weight excluding hydrogens is 517 g/mol. The maximum atomic E-state index is 2.53. The summed E-state index contributed by atoms with van der Waals surface area (Å²) in [6.07, 6.45) is 0. The lowest BCUT2D eigenvalue weighted by molar-refractivity contribution is 1.31. The van der Waals surface area contributed by atoms with Crippen molar-refractivity contribution in [2.24, 2.45) is 0 Å². The van der Waals surface area contributed by atoms with Crippen LogP contribution in [0.1, 0.15) is 5.56 Å². The predicted molar refractivity (Wildman–Crippen MR) is 185 cm³/mol. The molecule has 10 rings (SSSR count). The highest BCUT2D eigenvalue weighted by Gasteiger charge is 2.42. The van der Waals surface area contributed by atoms with E-state index in [2.05, 4.69) is 151 Å². The normalized spacial score (nSPS) is 13.1. The molecule has 43 heavy (non-hydrogen) atoms. The third kappa shape index (κ3) is 3.03. The number of fused-ring (bicyclic) bond motifs is 5. The average molecular weight is 543 g/mol. The Labute approximate surface area is 251 Å². The first-order valence-electron chi connectivity index (χ1n) is 15.1. The van der Waals surface area contributed by atoms with E-state index in [9.17, 15) is 0 Å². The van der Waals surface area contributed by atoms with Gasteiger partial charge in [0.15, 0.2) is 0 Å². The largest absolute Gasteiger partial charge is 0.311 e. The third-order valence-corrected chi connectivity index (χ3v) is 9.94. The molecule has 0 amide bonds. The number of nitrogens with zero attached hydrogens (tertiary/aromatic N) is 1. The highest BCUT2D eigenvalue weighted by atomic mass is 15.2. The molecule has 0 N–H and O–H groups in total. The molecule has 0 fully saturated rings. The average Bonchev–Trinajstić information content (AvgIpc) is 3.40. The van der Waals surface area contributed by atoms with E-state index in [1.54, 1.807) is 0 Å². The second-order valence-corrected chi connectivity index (χ2v) is 12.1. The third-order valence-electron chi connectivity index (χ3n) is 9.94. The highest BCUT2D eigenvalue weighted by Crippen LogP contribution is 2.46. The summed E-state index contributed by atoms with van der Waals surface area (Å²) >= 11 is 0. The van der Waals surface area contributed by atoms with Gasteiger partial charge in [-0.1, -0.05) is 115 Å². The molecule has 2 aliphatic rings. The van der Waals surface area contributed by atoms with Crippen molar-refractivity contribution in [1.29, 1.82) is 0 Å². The molecule has 0 aromatic heterocycles. The standard InChI is InChI=1S/C41H26BN/c1-25-9-2-3-10-30(25)29-23-27-18-17-26-20-22-36(33-21-19-28(24-29)39(27)40(26)33)43-37-15-7-6-14-35(37)42-34-13-5-4-11-31(34)32-12-8-16-38(43)41(32)42/h2-24H,1H3. The second-order valence-electron chi connectivity index (χ2n) is 12.1. The van der Waals surface area contributed by atoms with Gasteiger partial charge in [0.25, 0.3) is 0 Å². The van der Waals surface area contributed by atoms with Crippen molar-refractivity contribution in [1.82, 2.24) is 0 Å². The first-order chi connectivity index (χ1) is 21.3. The Bertz CT molecular complexity index is 2420. The summed E-state index contributed by atoms with van der Waals surface area (Å²) < 4.78 is 0. The number of hydrogen-bond donors (Lipinski definition) is 0. The van der Waals surface area contributed by atoms with Crippen LogP contribution in [-0.2, 0) is 0 Å². The van der Waals surface area contributed by atoms with Gasteiger partial charge in [-0.2, -0.15) is 0 Å². The number of benzene rings is 8. The van der Waals surface area contributed by atoms with E-state index in [0.29, 0.717) is 0 Å². The zero-order valence-corrected chi connectivity index (χ0v) is 23.8. The lowest BCUT2D eigenvalue weighted by Gasteiger charge is -2.36. The number of anilines is 3. The number of aryl methyl sites for hydroxylation is 1. The van der Waals surface area contributed by atoms with Crippen LogP contribution in [0.4, 0.5) is 17.1 Å². The van der Waals surface area contributed by atoms with Crippen LogP contribution in [0.2, 0.25) is 0 Å². The SMILES string of the molecule is Cc1ccccc1-c1cc2ccc3ccc(N4c5ccccc5B5c6ccccc6-c6cccc4c65)c4ccc(c1)c2c34. The Balaban J connectivity index is 1.26. The van der Waals surface area contributed by atoms with Crippen LogP contribution in [0.3, 0.4) is 0 Å². The fourth-order valence-electron chi connectivity index (χ4n) is 8.13. The topological polar surface area (TPSA) is 3.24 Å². The van der Waals surface area contributed by atoms with Gasteiger partial charge in [0, 0.05) is 16.8 Å². The zero-order valence-electron chi connectivity index (χ0n) is 23.8.